The lowest BCUT2D eigenvalue weighted by molar-refractivity contribution is 0.282. The van der Waals surface area contributed by atoms with Crippen LogP contribution in [0.3, 0.4) is 0 Å². The van der Waals surface area contributed by atoms with Crippen molar-refractivity contribution < 1.29 is 9.84 Å². The van der Waals surface area contributed by atoms with Gasteiger partial charge in [-0.2, -0.15) is 0 Å². The number of hydrogen-bond acceptors (Lipinski definition) is 3. The van der Waals surface area contributed by atoms with Gasteiger partial charge in [-0.25, -0.2) is 0 Å². The van der Waals surface area contributed by atoms with E-state index in [1.165, 1.54) is 51.4 Å². The largest absolute Gasteiger partial charge is 0.492 e. The van der Waals surface area contributed by atoms with Crippen molar-refractivity contribution in [1.29, 1.82) is 0 Å². The van der Waals surface area contributed by atoms with Crippen LogP contribution in [-0.2, 0) is 0 Å². The molecule has 3 nitrogen and oxygen atoms in total. The lowest BCUT2D eigenvalue weighted by Gasteiger charge is -2.05. The topological polar surface area (TPSA) is 42.4 Å². The van der Waals surface area contributed by atoms with Gasteiger partial charge in [0.25, 0.3) is 0 Å². The number of aromatic nitrogens is 1. The van der Waals surface area contributed by atoms with Crippen LogP contribution in [0.1, 0.15) is 64.2 Å². The molecule has 1 aromatic heterocycles. The standard InChI is InChI=1S/C17H29NO2/c19-14-9-7-5-3-1-2-4-6-8-10-15-20-17-12-11-13-18-16-17/h11-13,16,19H,1-10,14-15H2. The van der Waals surface area contributed by atoms with Crippen molar-refractivity contribution in [2.75, 3.05) is 13.2 Å². The molecule has 3 heteroatoms. The summed E-state index contributed by atoms with van der Waals surface area (Å²) < 4.78 is 5.61. The monoisotopic (exact) mass is 279 g/mol. The number of aliphatic hydroxyl groups excluding tert-OH is 1. The van der Waals surface area contributed by atoms with Gasteiger partial charge in [-0.3, -0.25) is 4.98 Å². The fourth-order valence-corrected chi connectivity index (χ4v) is 2.25. The number of aliphatic hydroxyl groups is 1. The van der Waals surface area contributed by atoms with Crippen LogP contribution >= 0.6 is 0 Å². The molecular weight excluding hydrogens is 250 g/mol. The van der Waals surface area contributed by atoms with Gasteiger partial charge in [0.2, 0.25) is 0 Å². The van der Waals surface area contributed by atoms with E-state index in [-0.39, 0.29) is 0 Å². The summed E-state index contributed by atoms with van der Waals surface area (Å²) in [5.41, 5.74) is 0. The molecule has 1 rings (SSSR count). The van der Waals surface area contributed by atoms with Crippen LogP contribution in [0.25, 0.3) is 0 Å². The Balaban J connectivity index is 1.77. The first-order valence-corrected chi connectivity index (χ1v) is 8.07. The van der Waals surface area contributed by atoms with Gasteiger partial charge >= 0.3 is 0 Å². The molecule has 1 aromatic rings. The number of rotatable bonds is 13. The van der Waals surface area contributed by atoms with Crippen molar-refractivity contribution in [2.24, 2.45) is 0 Å². The predicted molar refractivity (Wildman–Crippen MR) is 83.0 cm³/mol. The van der Waals surface area contributed by atoms with Crippen molar-refractivity contribution >= 4 is 0 Å². The third-order valence-corrected chi connectivity index (χ3v) is 3.46. The minimum absolute atomic E-state index is 0.348. The minimum atomic E-state index is 0.348. The molecule has 0 aliphatic heterocycles. The zero-order valence-corrected chi connectivity index (χ0v) is 12.6. The molecule has 0 radical (unpaired) electrons. The maximum atomic E-state index is 8.67. The summed E-state index contributed by atoms with van der Waals surface area (Å²) in [5, 5.41) is 8.67. The van der Waals surface area contributed by atoms with E-state index in [0.717, 1.165) is 25.2 Å². The van der Waals surface area contributed by atoms with Gasteiger partial charge in [-0.15, -0.1) is 0 Å². The van der Waals surface area contributed by atoms with E-state index in [9.17, 15) is 0 Å². The highest BCUT2D eigenvalue weighted by molar-refractivity contribution is 5.15. The molecule has 0 aliphatic carbocycles. The highest BCUT2D eigenvalue weighted by Gasteiger charge is 1.94. The van der Waals surface area contributed by atoms with E-state index in [1.807, 2.05) is 12.1 Å². The van der Waals surface area contributed by atoms with Gasteiger partial charge in [0.15, 0.2) is 0 Å². The van der Waals surface area contributed by atoms with E-state index < -0.39 is 0 Å². The summed E-state index contributed by atoms with van der Waals surface area (Å²) in [6.45, 7) is 1.15. The number of pyridine rings is 1. The molecule has 0 aliphatic rings. The van der Waals surface area contributed by atoms with Crippen molar-refractivity contribution in [1.82, 2.24) is 4.98 Å². The first-order chi connectivity index (χ1) is 9.93. The summed E-state index contributed by atoms with van der Waals surface area (Å²) in [5.74, 6) is 0.871. The Bertz CT molecular complexity index is 303. The second kappa shape index (κ2) is 12.9. The van der Waals surface area contributed by atoms with Crippen LogP contribution in [0.2, 0.25) is 0 Å². The van der Waals surface area contributed by atoms with Crippen molar-refractivity contribution in [3.8, 4) is 5.75 Å². The van der Waals surface area contributed by atoms with Gasteiger partial charge < -0.3 is 9.84 Å². The molecule has 114 valence electrons. The smallest absolute Gasteiger partial charge is 0.137 e. The summed E-state index contributed by atoms with van der Waals surface area (Å²) >= 11 is 0. The summed E-state index contributed by atoms with van der Waals surface area (Å²) in [4.78, 5) is 4.02. The third kappa shape index (κ3) is 9.79. The third-order valence-electron chi connectivity index (χ3n) is 3.46. The van der Waals surface area contributed by atoms with Crippen molar-refractivity contribution in [3.05, 3.63) is 24.5 Å². The van der Waals surface area contributed by atoms with Crippen molar-refractivity contribution in [2.45, 2.75) is 64.2 Å². The van der Waals surface area contributed by atoms with Crippen LogP contribution in [-0.4, -0.2) is 23.3 Å². The van der Waals surface area contributed by atoms with Crippen LogP contribution in [0.5, 0.6) is 5.75 Å². The second-order valence-corrected chi connectivity index (χ2v) is 5.30. The maximum absolute atomic E-state index is 8.67. The zero-order valence-electron chi connectivity index (χ0n) is 12.6. The van der Waals surface area contributed by atoms with Crippen LogP contribution in [0, 0.1) is 0 Å². The van der Waals surface area contributed by atoms with Gasteiger partial charge in [0.1, 0.15) is 5.75 Å². The van der Waals surface area contributed by atoms with E-state index in [1.54, 1.807) is 12.4 Å². The Morgan fingerprint density at radius 3 is 2.00 bits per heavy atom. The minimum Gasteiger partial charge on any atom is -0.492 e. The van der Waals surface area contributed by atoms with Crippen LogP contribution in [0.4, 0.5) is 0 Å². The van der Waals surface area contributed by atoms with E-state index >= 15 is 0 Å². The Labute approximate surface area is 123 Å². The molecule has 0 saturated heterocycles. The normalized spacial score (nSPS) is 10.7. The van der Waals surface area contributed by atoms with E-state index in [0.29, 0.717) is 6.61 Å². The van der Waals surface area contributed by atoms with Crippen LogP contribution in [0.15, 0.2) is 24.5 Å². The Morgan fingerprint density at radius 1 is 0.850 bits per heavy atom. The average molecular weight is 279 g/mol. The first kappa shape index (κ1) is 17.0. The lowest BCUT2D eigenvalue weighted by Crippen LogP contribution is -1.97. The highest BCUT2D eigenvalue weighted by Crippen LogP contribution is 2.11. The number of unbranched alkanes of at least 4 members (excludes halogenated alkanes) is 9. The van der Waals surface area contributed by atoms with Gasteiger partial charge in [0, 0.05) is 12.8 Å². The Hall–Kier alpha value is -1.09. The molecule has 0 atom stereocenters. The second-order valence-electron chi connectivity index (χ2n) is 5.30. The SMILES string of the molecule is OCCCCCCCCCCCCOc1cccnc1. The van der Waals surface area contributed by atoms with E-state index in [2.05, 4.69) is 4.98 Å². The quantitative estimate of drug-likeness (QED) is 0.546. The highest BCUT2D eigenvalue weighted by atomic mass is 16.5. The molecule has 0 aromatic carbocycles. The Morgan fingerprint density at radius 2 is 1.45 bits per heavy atom. The fraction of sp³-hybridized carbons (Fsp3) is 0.706. The van der Waals surface area contributed by atoms with Gasteiger partial charge in [-0.05, 0) is 25.0 Å². The molecule has 1 heterocycles. The number of nitrogens with zero attached hydrogens (tertiary/aromatic N) is 1. The number of ether oxygens (including phenoxy) is 1. The summed E-state index contributed by atoms with van der Waals surface area (Å²) in [7, 11) is 0. The molecule has 0 fully saturated rings. The average Bonchev–Trinajstić information content (AvgIpc) is 2.49. The fourth-order valence-electron chi connectivity index (χ4n) is 2.25. The zero-order chi connectivity index (χ0) is 14.3. The molecule has 0 amide bonds. The molecule has 0 unspecified atom stereocenters. The lowest BCUT2D eigenvalue weighted by atomic mass is 10.1. The maximum Gasteiger partial charge on any atom is 0.137 e. The van der Waals surface area contributed by atoms with Crippen LogP contribution < -0.4 is 4.74 Å². The predicted octanol–water partition coefficient (Wildman–Crippen LogP) is 4.35. The molecule has 20 heavy (non-hydrogen) atoms. The molecule has 0 spiro atoms. The van der Waals surface area contributed by atoms with Crippen molar-refractivity contribution in [3.63, 3.8) is 0 Å². The summed E-state index contributed by atoms with van der Waals surface area (Å²) in [6, 6.07) is 3.85. The molecule has 0 bridgehead atoms. The number of hydrogen-bond donors (Lipinski definition) is 1. The summed E-state index contributed by atoms with van der Waals surface area (Å²) in [6.07, 6.45) is 16.0. The Kier molecular flexibility index (Phi) is 11.0. The first-order valence-electron chi connectivity index (χ1n) is 8.07. The molecule has 0 saturated carbocycles. The molecular formula is C17H29NO2. The van der Waals surface area contributed by atoms with Gasteiger partial charge in [0.05, 0.1) is 12.8 Å². The van der Waals surface area contributed by atoms with Gasteiger partial charge in [-0.1, -0.05) is 51.4 Å². The molecule has 1 N–H and O–H groups in total. The van der Waals surface area contributed by atoms with E-state index in [4.69, 9.17) is 9.84 Å².